The summed E-state index contributed by atoms with van der Waals surface area (Å²) in [5, 5.41) is 3.01. The van der Waals surface area contributed by atoms with Crippen LogP contribution in [0.25, 0.3) is 0 Å². The van der Waals surface area contributed by atoms with Crippen LogP contribution < -0.4 is 10.2 Å². The lowest BCUT2D eigenvalue weighted by Crippen LogP contribution is -2.49. The van der Waals surface area contributed by atoms with E-state index < -0.39 is 5.82 Å². The molecule has 6 heteroatoms. The van der Waals surface area contributed by atoms with Crippen molar-refractivity contribution in [2.75, 3.05) is 42.9 Å². The van der Waals surface area contributed by atoms with Crippen molar-refractivity contribution >= 4 is 23.1 Å². The van der Waals surface area contributed by atoms with Crippen LogP contribution in [-0.4, -0.2) is 49.3 Å². The van der Waals surface area contributed by atoms with Crippen molar-refractivity contribution in [2.24, 2.45) is 0 Å². The predicted octanol–water partition coefficient (Wildman–Crippen LogP) is 3.41. The minimum atomic E-state index is -0.486. The summed E-state index contributed by atoms with van der Waals surface area (Å²) < 4.78 is 14.1. The normalized spacial score (nSPS) is 14.8. The number of ketones is 1. The molecule has 0 atom stereocenters. The number of amides is 1. The molecule has 0 aromatic heterocycles. The van der Waals surface area contributed by atoms with Crippen LogP contribution in [0.1, 0.15) is 28.4 Å². The first kappa shape index (κ1) is 20.0. The van der Waals surface area contributed by atoms with E-state index >= 15 is 0 Å². The fourth-order valence-corrected chi connectivity index (χ4v) is 3.67. The number of Topliss-reactive ketones (excluding diaryl/α,β-unsaturated/α-hetero) is 1. The van der Waals surface area contributed by atoms with Crippen molar-refractivity contribution in [3.05, 3.63) is 58.9 Å². The number of nitrogens with zero attached hydrogens (tertiary/aromatic N) is 2. The molecular formula is C22H26FN3O2. The van der Waals surface area contributed by atoms with Gasteiger partial charge in [-0.25, -0.2) is 4.39 Å². The van der Waals surface area contributed by atoms with Gasteiger partial charge >= 0.3 is 0 Å². The molecule has 5 nitrogen and oxygen atoms in total. The van der Waals surface area contributed by atoms with Gasteiger partial charge in [0.1, 0.15) is 5.82 Å². The Balaban J connectivity index is 1.60. The molecular weight excluding hydrogens is 357 g/mol. The number of nitrogens with one attached hydrogen (secondary N) is 1. The molecule has 1 fully saturated rings. The van der Waals surface area contributed by atoms with Crippen LogP contribution in [-0.2, 0) is 4.79 Å². The molecule has 0 spiro atoms. The Kier molecular flexibility index (Phi) is 6.09. The number of carbonyl (C=O) groups excluding carboxylic acids is 2. The van der Waals surface area contributed by atoms with Gasteiger partial charge in [0.2, 0.25) is 5.91 Å². The number of hydrogen-bond donors (Lipinski definition) is 1. The Hall–Kier alpha value is -2.73. The number of aryl methyl sites for hydroxylation is 2. The molecule has 0 radical (unpaired) electrons. The molecule has 1 saturated heterocycles. The third-order valence-corrected chi connectivity index (χ3v) is 5.17. The molecule has 2 aromatic carbocycles. The Labute approximate surface area is 165 Å². The minimum absolute atomic E-state index is 0.0407. The van der Waals surface area contributed by atoms with E-state index in [1.54, 1.807) is 12.1 Å². The zero-order chi connectivity index (χ0) is 20.3. The molecule has 2 aromatic rings. The van der Waals surface area contributed by atoms with Crippen molar-refractivity contribution in [1.29, 1.82) is 0 Å². The average molecular weight is 383 g/mol. The second-order valence-corrected chi connectivity index (χ2v) is 7.27. The summed E-state index contributed by atoms with van der Waals surface area (Å²) in [5.74, 6) is -0.801. The highest BCUT2D eigenvalue weighted by Crippen LogP contribution is 2.25. The molecule has 1 amide bonds. The third-order valence-electron chi connectivity index (χ3n) is 5.17. The Morgan fingerprint density at radius 3 is 2.21 bits per heavy atom. The molecule has 0 saturated carbocycles. The largest absolute Gasteiger partial charge is 0.368 e. The fraction of sp³-hybridized carbons (Fsp3) is 0.364. The molecule has 0 unspecified atom stereocenters. The zero-order valence-electron chi connectivity index (χ0n) is 16.6. The highest BCUT2D eigenvalue weighted by atomic mass is 19.1. The van der Waals surface area contributed by atoms with Gasteiger partial charge in [0, 0.05) is 31.9 Å². The SMILES string of the molecule is CC(=O)c1c(F)cccc1N1CCN(CC(=O)Nc2c(C)cccc2C)CC1. The van der Waals surface area contributed by atoms with Crippen LogP contribution in [0.5, 0.6) is 0 Å². The maximum atomic E-state index is 14.1. The second kappa shape index (κ2) is 8.52. The van der Waals surface area contributed by atoms with Crippen LogP contribution >= 0.6 is 0 Å². The summed E-state index contributed by atoms with van der Waals surface area (Å²) in [6.07, 6.45) is 0. The van der Waals surface area contributed by atoms with Gasteiger partial charge in [-0.1, -0.05) is 24.3 Å². The summed E-state index contributed by atoms with van der Waals surface area (Å²) in [6.45, 7) is 8.28. The molecule has 3 rings (SSSR count). The number of carbonyl (C=O) groups is 2. The Morgan fingerprint density at radius 1 is 1.00 bits per heavy atom. The smallest absolute Gasteiger partial charge is 0.238 e. The molecule has 148 valence electrons. The summed E-state index contributed by atoms with van der Waals surface area (Å²) in [5.41, 5.74) is 3.73. The Morgan fingerprint density at radius 2 is 1.61 bits per heavy atom. The first-order valence-electron chi connectivity index (χ1n) is 9.49. The summed E-state index contributed by atoms with van der Waals surface area (Å²) in [7, 11) is 0. The maximum absolute atomic E-state index is 14.1. The van der Waals surface area contributed by atoms with E-state index in [0.29, 0.717) is 38.4 Å². The standard InChI is InChI=1S/C22H26FN3O2/c1-15-6-4-7-16(2)22(15)24-20(28)14-25-10-12-26(13-11-25)19-9-5-8-18(23)21(19)17(3)27/h4-9H,10-14H2,1-3H3,(H,24,28). The van der Waals surface area contributed by atoms with Crippen molar-refractivity contribution in [3.63, 3.8) is 0 Å². The number of hydrogen-bond acceptors (Lipinski definition) is 4. The van der Waals surface area contributed by atoms with Gasteiger partial charge in [-0.15, -0.1) is 0 Å². The van der Waals surface area contributed by atoms with Gasteiger partial charge in [0.05, 0.1) is 17.8 Å². The van der Waals surface area contributed by atoms with E-state index in [1.807, 2.05) is 36.9 Å². The third kappa shape index (κ3) is 4.39. The molecule has 28 heavy (non-hydrogen) atoms. The quantitative estimate of drug-likeness (QED) is 0.804. The number of piperazine rings is 1. The summed E-state index contributed by atoms with van der Waals surface area (Å²) >= 11 is 0. The van der Waals surface area contributed by atoms with Crippen LogP contribution in [0, 0.1) is 19.7 Å². The monoisotopic (exact) mass is 383 g/mol. The van der Waals surface area contributed by atoms with E-state index in [2.05, 4.69) is 10.2 Å². The molecule has 0 aliphatic carbocycles. The van der Waals surface area contributed by atoms with Crippen LogP contribution in [0.4, 0.5) is 15.8 Å². The maximum Gasteiger partial charge on any atom is 0.238 e. The fourth-order valence-electron chi connectivity index (χ4n) is 3.67. The van der Waals surface area contributed by atoms with E-state index in [-0.39, 0.29) is 17.3 Å². The predicted molar refractivity (Wildman–Crippen MR) is 110 cm³/mol. The van der Waals surface area contributed by atoms with Crippen molar-refractivity contribution in [2.45, 2.75) is 20.8 Å². The van der Waals surface area contributed by atoms with Gasteiger partial charge in [-0.05, 0) is 44.0 Å². The van der Waals surface area contributed by atoms with Crippen LogP contribution in [0.3, 0.4) is 0 Å². The second-order valence-electron chi connectivity index (χ2n) is 7.27. The van der Waals surface area contributed by atoms with E-state index in [9.17, 15) is 14.0 Å². The first-order chi connectivity index (χ1) is 13.4. The Bertz CT molecular complexity index is 869. The van der Waals surface area contributed by atoms with E-state index in [4.69, 9.17) is 0 Å². The topological polar surface area (TPSA) is 52.7 Å². The van der Waals surface area contributed by atoms with Gasteiger partial charge in [0.25, 0.3) is 0 Å². The molecule has 1 aliphatic rings. The highest BCUT2D eigenvalue weighted by Gasteiger charge is 2.23. The number of anilines is 2. The van der Waals surface area contributed by atoms with Gasteiger partial charge in [-0.3, -0.25) is 14.5 Å². The average Bonchev–Trinajstić information content (AvgIpc) is 2.65. The van der Waals surface area contributed by atoms with E-state index in [0.717, 1.165) is 16.8 Å². The number of halogens is 1. The van der Waals surface area contributed by atoms with E-state index in [1.165, 1.54) is 13.0 Å². The number of para-hydroxylation sites is 1. The van der Waals surface area contributed by atoms with Crippen molar-refractivity contribution < 1.29 is 14.0 Å². The lowest BCUT2D eigenvalue weighted by molar-refractivity contribution is -0.117. The first-order valence-corrected chi connectivity index (χ1v) is 9.49. The molecule has 0 bridgehead atoms. The van der Waals surface area contributed by atoms with Gasteiger partial charge < -0.3 is 10.2 Å². The van der Waals surface area contributed by atoms with Crippen LogP contribution in [0.15, 0.2) is 36.4 Å². The lowest BCUT2D eigenvalue weighted by Gasteiger charge is -2.36. The van der Waals surface area contributed by atoms with Gasteiger partial charge in [0.15, 0.2) is 5.78 Å². The van der Waals surface area contributed by atoms with Crippen LogP contribution in [0.2, 0.25) is 0 Å². The van der Waals surface area contributed by atoms with Gasteiger partial charge in [-0.2, -0.15) is 0 Å². The number of rotatable bonds is 5. The lowest BCUT2D eigenvalue weighted by atomic mass is 10.1. The number of benzene rings is 2. The van der Waals surface area contributed by atoms with Crippen molar-refractivity contribution in [3.8, 4) is 0 Å². The minimum Gasteiger partial charge on any atom is -0.368 e. The molecule has 1 N–H and O–H groups in total. The van der Waals surface area contributed by atoms with Crippen molar-refractivity contribution in [1.82, 2.24) is 4.90 Å². The zero-order valence-corrected chi connectivity index (χ0v) is 16.6. The summed E-state index contributed by atoms with van der Waals surface area (Å²) in [4.78, 5) is 28.4. The highest BCUT2D eigenvalue weighted by molar-refractivity contribution is 6.00. The molecule has 1 aliphatic heterocycles. The summed E-state index contributed by atoms with van der Waals surface area (Å²) in [6, 6.07) is 10.7. The molecule has 1 heterocycles.